The quantitative estimate of drug-likeness (QED) is 0.778. The number of likely N-dealkylation sites (N-methyl/N-ethyl adjacent to an activating group) is 1. The number of nitrogens with two attached hydrogens (primary N) is 2. The van der Waals surface area contributed by atoms with Crippen LogP contribution in [-0.2, 0) is 4.79 Å². The maximum atomic E-state index is 11.0. The van der Waals surface area contributed by atoms with Crippen LogP contribution in [0.4, 0.5) is 0 Å². The molecule has 5 heteroatoms. The predicted octanol–water partition coefficient (Wildman–Crippen LogP) is 0.944. The van der Waals surface area contributed by atoms with Crippen molar-refractivity contribution in [3.63, 3.8) is 0 Å². The van der Waals surface area contributed by atoms with E-state index in [9.17, 15) is 4.79 Å². The van der Waals surface area contributed by atoms with Crippen molar-refractivity contribution in [3.8, 4) is 0 Å². The molecule has 1 aromatic heterocycles. The van der Waals surface area contributed by atoms with Gasteiger partial charge in [-0.1, -0.05) is 13.0 Å². The monoisotopic (exact) mass is 241 g/mol. The van der Waals surface area contributed by atoms with Crippen LogP contribution in [0.2, 0.25) is 0 Å². The molecule has 16 heavy (non-hydrogen) atoms. The van der Waals surface area contributed by atoms with E-state index >= 15 is 0 Å². The Hall–Kier alpha value is -0.910. The molecule has 0 radical (unpaired) electrons. The van der Waals surface area contributed by atoms with Crippen molar-refractivity contribution in [3.05, 3.63) is 22.4 Å². The zero-order valence-corrected chi connectivity index (χ0v) is 10.5. The Morgan fingerprint density at radius 1 is 1.62 bits per heavy atom. The van der Waals surface area contributed by atoms with Crippen molar-refractivity contribution in [2.75, 3.05) is 13.1 Å². The van der Waals surface area contributed by atoms with Crippen LogP contribution in [0, 0.1) is 0 Å². The molecule has 0 aliphatic heterocycles. The Kier molecular flexibility index (Phi) is 4.92. The lowest BCUT2D eigenvalue weighted by molar-refractivity contribution is -0.119. The molecule has 0 aliphatic carbocycles. The molecule has 1 rings (SSSR count). The van der Waals surface area contributed by atoms with Crippen LogP contribution in [0.3, 0.4) is 0 Å². The Labute approximate surface area is 100 Å². The van der Waals surface area contributed by atoms with Gasteiger partial charge in [0.1, 0.15) is 0 Å². The molecular formula is C11H19N3OS. The first-order chi connectivity index (χ1) is 7.56. The number of nitrogens with zero attached hydrogens (tertiary/aromatic N) is 1. The number of thiophene rings is 1. The molecule has 1 aromatic rings. The van der Waals surface area contributed by atoms with E-state index in [-0.39, 0.29) is 24.5 Å². The van der Waals surface area contributed by atoms with E-state index in [1.807, 2.05) is 36.3 Å². The molecule has 1 heterocycles. The summed E-state index contributed by atoms with van der Waals surface area (Å²) in [4.78, 5) is 14.2. The first-order valence-corrected chi connectivity index (χ1v) is 6.25. The lowest BCUT2D eigenvalue weighted by atomic mass is 10.1. The summed E-state index contributed by atoms with van der Waals surface area (Å²) in [7, 11) is 0. The number of hydrogen-bond donors (Lipinski definition) is 2. The van der Waals surface area contributed by atoms with Gasteiger partial charge in [0.15, 0.2) is 0 Å². The SMILES string of the molecule is CCN(CC(N)=O)C(c1cccs1)C(C)N. The minimum atomic E-state index is -0.316. The van der Waals surface area contributed by atoms with Gasteiger partial charge in [-0.25, -0.2) is 0 Å². The molecule has 90 valence electrons. The van der Waals surface area contributed by atoms with Crippen molar-refractivity contribution >= 4 is 17.2 Å². The fraction of sp³-hybridized carbons (Fsp3) is 0.545. The maximum Gasteiger partial charge on any atom is 0.231 e. The molecule has 2 atom stereocenters. The average Bonchev–Trinajstić information content (AvgIpc) is 2.68. The first kappa shape index (κ1) is 13.2. The van der Waals surface area contributed by atoms with Crippen molar-refractivity contribution < 1.29 is 4.79 Å². The summed E-state index contributed by atoms with van der Waals surface area (Å²) in [6.07, 6.45) is 0. The summed E-state index contributed by atoms with van der Waals surface area (Å²) in [6.45, 7) is 4.97. The third-order valence-corrected chi connectivity index (χ3v) is 3.43. The fourth-order valence-corrected chi connectivity index (χ4v) is 2.81. The molecule has 0 aliphatic rings. The van der Waals surface area contributed by atoms with E-state index in [0.717, 1.165) is 6.54 Å². The fourth-order valence-electron chi connectivity index (χ4n) is 1.84. The minimum Gasteiger partial charge on any atom is -0.369 e. The maximum absolute atomic E-state index is 11.0. The van der Waals surface area contributed by atoms with E-state index in [0.29, 0.717) is 0 Å². The third-order valence-electron chi connectivity index (χ3n) is 2.49. The number of carbonyl (C=O) groups is 1. The highest BCUT2D eigenvalue weighted by atomic mass is 32.1. The number of primary amides is 1. The van der Waals surface area contributed by atoms with Crippen molar-refractivity contribution in [1.29, 1.82) is 0 Å². The highest BCUT2D eigenvalue weighted by Gasteiger charge is 2.24. The Balaban J connectivity index is 2.87. The van der Waals surface area contributed by atoms with Crippen LogP contribution in [0.5, 0.6) is 0 Å². The molecule has 0 saturated heterocycles. The van der Waals surface area contributed by atoms with E-state index in [1.54, 1.807) is 11.3 Å². The summed E-state index contributed by atoms with van der Waals surface area (Å²) < 4.78 is 0. The van der Waals surface area contributed by atoms with Crippen LogP contribution in [0.1, 0.15) is 24.8 Å². The molecule has 0 aromatic carbocycles. The van der Waals surface area contributed by atoms with Crippen molar-refractivity contribution in [1.82, 2.24) is 4.90 Å². The van der Waals surface area contributed by atoms with Crippen LogP contribution < -0.4 is 11.5 Å². The largest absolute Gasteiger partial charge is 0.369 e. The molecule has 2 unspecified atom stereocenters. The number of carbonyl (C=O) groups excluding carboxylic acids is 1. The molecule has 0 bridgehead atoms. The Morgan fingerprint density at radius 2 is 2.31 bits per heavy atom. The van der Waals surface area contributed by atoms with Crippen LogP contribution in [-0.4, -0.2) is 29.9 Å². The summed E-state index contributed by atoms with van der Waals surface area (Å²) >= 11 is 1.66. The van der Waals surface area contributed by atoms with Crippen LogP contribution >= 0.6 is 11.3 Å². The van der Waals surface area contributed by atoms with Gasteiger partial charge in [0.25, 0.3) is 0 Å². The highest BCUT2D eigenvalue weighted by Crippen LogP contribution is 2.26. The topological polar surface area (TPSA) is 72.3 Å². The van der Waals surface area contributed by atoms with E-state index in [4.69, 9.17) is 11.5 Å². The highest BCUT2D eigenvalue weighted by molar-refractivity contribution is 7.10. The smallest absolute Gasteiger partial charge is 0.231 e. The lowest BCUT2D eigenvalue weighted by Gasteiger charge is -2.31. The molecule has 0 spiro atoms. The van der Waals surface area contributed by atoms with Crippen molar-refractivity contribution in [2.45, 2.75) is 25.9 Å². The zero-order valence-electron chi connectivity index (χ0n) is 9.72. The normalized spacial score (nSPS) is 15.0. The first-order valence-electron chi connectivity index (χ1n) is 5.37. The second-order valence-electron chi connectivity index (χ2n) is 3.85. The Morgan fingerprint density at radius 3 is 2.69 bits per heavy atom. The van der Waals surface area contributed by atoms with Gasteiger partial charge in [-0.2, -0.15) is 0 Å². The molecule has 4 N–H and O–H groups in total. The van der Waals surface area contributed by atoms with Gasteiger partial charge in [-0.15, -0.1) is 11.3 Å². The van der Waals surface area contributed by atoms with Gasteiger partial charge < -0.3 is 11.5 Å². The number of hydrogen-bond acceptors (Lipinski definition) is 4. The van der Waals surface area contributed by atoms with E-state index in [2.05, 4.69) is 0 Å². The predicted molar refractivity (Wildman–Crippen MR) is 67.2 cm³/mol. The van der Waals surface area contributed by atoms with Gasteiger partial charge in [-0.3, -0.25) is 9.69 Å². The van der Waals surface area contributed by atoms with Crippen molar-refractivity contribution in [2.24, 2.45) is 11.5 Å². The Bertz CT molecular complexity index is 324. The minimum absolute atomic E-state index is 0.0297. The molecular weight excluding hydrogens is 222 g/mol. The molecule has 1 amide bonds. The summed E-state index contributed by atoms with van der Waals surface area (Å²) in [6, 6.07) is 4.07. The molecule has 0 fully saturated rings. The van der Waals surface area contributed by atoms with E-state index < -0.39 is 0 Å². The molecule has 4 nitrogen and oxygen atoms in total. The lowest BCUT2D eigenvalue weighted by Crippen LogP contribution is -2.43. The molecule has 0 saturated carbocycles. The zero-order chi connectivity index (χ0) is 12.1. The van der Waals surface area contributed by atoms with Crippen LogP contribution in [0.25, 0.3) is 0 Å². The van der Waals surface area contributed by atoms with Gasteiger partial charge in [0.2, 0.25) is 5.91 Å². The van der Waals surface area contributed by atoms with Gasteiger partial charge in [0, 0.05) is 10.9 Å². The summed E-state index contributed by atoms with van der Waals surface area (Å²) in [5.74, 6) is -0.316. The second-order valence-corrected chi connectivity index (χ2v) is 4.83. The van der Waals surface area contributed by atoms with Gasteiger partial charge in [0.05, 0.1) is 12.6 Å². The number of amides is 1. The standard InChI is InChI=1S/C11H19N3OS/c1-3-14(7-10(13)15)11(8(2)12)9-5-4-6-16-9/h4-6,8,11H,3,7,12H2,1-2H3,(H2,13,15). The summed E-state index contributed by atoms with van der Waals surface area (Å²) in [5, 5.41) is 2.02. The van der Waals surface area contributed by atoms with E-state index in [1.165, 1.54) is 4.88 Å². The van der Waals surface area contributed by atoms with Crippen LogP contribution in [0.15, 0.2) is 17.5 Å². The average molecular weight is 241 g/mol. The van der Waals surface area contributed by atoms with Gasteiger partial charge >= 0.3 is 0 Å². The second kappa shape index (κ2) is 5.98. The summed E-state index contributed by atoms with van der Waals surface area (Å²) in [5.41, 5.74) is 11.2. The number of rotatable bonds is 6. The van der Waals surface area contributed by atoms with Gasteiger partial charge in [-0.05, 0) is 24.9 Å². The third kappa shape index (κ3) is 3.30.